The summed E-state index contributed by atoms with van der Waals surface area (Å²) in [6.45, 7) is 2.14. The molecule has 2 N–H and O–H groups in total. The molecule has 158 valence electrons. The summed E-state index contributed by atoms with van der Waals surface area (Å²) in [5.41, 5.74) is 2.53. The number of methoxy groups -OCH3 is 3. The topological polar surface area (TPSA) is 85.7 Å². The standard InChI is InChI=1S/C23H27N3O4/c1-5-6-19(16-9-17(28-2)12-18(10-16)29-3)25-23-14-24-13-20(26-23)15-7-8-21(27)22(11-15)30-4/h7-14,19,27H,5-6H2,1-4H3,(H,25,26). The van der Waals surface area contributed by atoms with E-state index in [-0.39, 0.29) is 11.8 Å². The number of phenols is 1. The second kappa shape index (κ2) is 9.82. The van der Waals surface area contributed by atoms with Crippen LogP contribution in [0.2, 0.25) is 0 Å². The first-order valence-electron chi connectivity index (χ1n) is 9.76. The summed E-state index contributed by atoms with van der Waals surface area (Å²) >= 11 is 0. The first kappa shape index (κ1) is 21.2. The van der Waals surface area contributed by atoms with E-state index in [0.717, 1.165) is 35.5 Å². The Balaban J connectivity index is 1.91. The molecule has 7 nitrogen and oxygen atoms in total. The lowest BCUT2D eigenvalue weighted by atomic mass is 10.0. The summed E-state index contributed by atoms with van der Waals surface area (Å²) in [5, 5.41) is 13.3. The van der Waals surface area contributed by atoms with Gasteiger partial charge in [-0.05, 0) is 42.3 Å². The molecule has 0 aliphatic rings. The van der Waals surface area contributed by atoms with Gasteiger partial charge in [0.2, 0.25) is 0 Å². The lowest BCUT2D eigenvalue weighted by molar-refractivity contribution is 0.373. The van der Waals surface area contributed by atoms with Gasteiger partial charge >= 0.3 is 0 Å². The highest BCUT2D eigenvalue weighted by atomic mass is 16.5. The lowest BCUT2D eigenvalue weighted by Crippen LogP contribution is -2.12. The number of ether oxygens (including phenoxy) is 3. The molecule has 3 aromatic rings. The molecule has 1 atom stereocenters. The predicted octanol–water partition coefficient (Wildman–Crippen LogP) is 4.83. The average Bonchev–Trinajstić information content (AvgIpc) is 2.79. The van der Waals surface area contributed by atoms with Gasteiger partial charge in [0.05, 0.1) is 45.5 Å². The van der Waals surface area contributed by atoms with Crippen LogP contribution in [0.4, 0.5) is 5.82 Å². The molecular weight excluding hydrogens is 382 g/mol. The molecule has 0 fully saturated rings. The fourth-order valence-corrected chi connectivity index (χ4v) is 3.23. The van der Waals surface area contributed by atoms with Crippen molar-refractivity contribution in [2.45, 2.75) is 25.8 Å². The number of hydrogen-bond acceptors (Lipinski definition) is 7. The Labute approximate surface area is 176 Å². The van der Waals surface area contributed by atoms with Crippen LogP contribution >= 0.6 is 0 Å². The molecule has 0 bridgehead atoms. The molecule has 0 saturated carbocycles. The number of aromatic hydroxyl groups is 1. The monoisotopic (exact) mass is 409 g/mol. The van der Waals surface area contributed by atoms with Gasteiger partial charge in [0.1, 0.15) is 17.3 Å². The zero-order valence-corrected chi connectivity index (χ0v) is 17.7. The molecule has 1 unspecified atom stereocenters. The molecule has 0 spiro atoms. The summed E-state index contributed by atoms with van der Waals surface area (Å²) in [7, 11) is 4.80. The molecule has 30 heavy (non-hydrogen) atoms. The largest absolute Gasteiger partial charge is 0.504 e. The molecule has 1 aromatic heterocycles. The van der Waals surface area contributed by atoms with Crippen LogP contribution < -0.4 is 19.5 Å². The van der Waals surface area contributed by atoms with E-state index in [9.17, 15) is 5.11 Å². The quantitative estimate of drug-likeness (QED) is 0.523. The van der Waals surface area contributed by atoms with E-state index in [1.807, 2.05) is 18.2 Å². The Morgan fingerprint density at radius 2 is 1.70 bits per heavy atom. The Kier molecular flexibility index (Phi) is 6.95. The zero-order chi connectivity index (χ0) is 21.5. The van der Waals surface area contributed by atoms with Gasteiger partial charge in [-0.15, -0.1) is 0 Å². The number of anilines is 1. The first-order valence-corrected chi connectivity index (χ1v) is 9.76. The number of benzene rings is 2. The van der Waals surface area contributed by atoms with E-state index >= 15 is 0 Å². The van der Waals surface area contributed by atoms with Crippen molar-refractivity contribution >= 4 is 5.82 Å². The summed E-state index contributed by atoms with van der Waals surface area (Å²) in [4.78, 5) is 9.04. The highest BCUT2D eigenvalue weighted by Crippen LogP contribution is 2.33. The molecule has 2 aromatic carbocycles. The average molecular weight is 409 g/mol. The second-order valence-corrected chi connectivity index (χ2v) is 6.81. The van der Waals surface area contributed by atoms with E-state index < -0.39 is 0 Å². The highest BCUT2D eigenvalue weighted by molar-refractivity contribution is 5.64. The van der Waals surface area contributed by atoms with E-state index in [1.54, 1.807) is 44.8 Å². The normalized spacial score (nSPS) is 11.6. The smallest absolute Gasteiger partial charge is 0.161 e. The maximum Gasteiger partial charge on any atom is 0.161 e. The summed E-state index contributed by atoms with van der Waals surface area (Å²) < 4.78 is 16.0. The van der Waals surface area contributed by atoms with E-state index in [0.29, 0.717) is 17.3 Å². The third kappa shape index (κ3) is 4.92. The molecule has 1 heterocycles. The SMILES string of the molecule is CCCC(Nc1cncc(-c2ccc(O)c(OC)c2)n1)c1cc(OC)cc(OC)c1. The Morgan fingerprint density at radius 3 is 2.33 bits per heavy atom. The second-order valence-electron chi connectivity index (χ2n) is 6.81. The number of phenolic OH excluding ortho intramolecular Hbond substituents is 1. The molecule has 7 heteroatoms. The predicted molar refractivity (Wildman–Crippen MR) is 117 cm³/mol. The van der Waals surface area contributed by atoms with Crippen LogP contribution in [0, 0.1) is 0 Å². The number of hydrogen-bond donors (Lipinski definition) is 2. The molecule has 3 rings (SSSR count). The molecule has 0 saturated heterocycles. The molecule has 0 aliphatic carbocycles. The minimum Gasteiger partial charge on any atom is -0.504 e. The number of aromatic nitrogens is 2. The van der Waals surface area contributed by atoms with Crippen LogP contribution in [0.25, 0.3) is 11.3 Å². The van der Waals surface area contributed by atoms with E-state index in [4.69, 9.17) is 19.2 Å². The highest BCUT2D eigenvalue weighted by Gasteiger charge is 2.15. The van der Waals surface area contributed by atoms with Crippen LogP contribution in [-0.2, 0) is 0 Å². The summed E-state index contributed by atoms with van der Waals surface area (Å²) in [5.74, 6) is 2.60. The number of nitrogens with one attached hydrogen (secondary N) is 1. The van der Waals surface area contributed by atoms with Crippen molar-refractivity contribution in [3.8, 4) is 34.3 Å². The maximum atomic E-state index is 9.83. The van der Waals surface area contributed by atoms with Crippen molar-refractivity contribution in [2.75, 3.05) is 26.6 Å². The van der Waals surface area contributed by atoms with Gasteiger partial charge in [-0.1, -0.05) is 13.3 Å². The van der Waals surface area contributed by atoms with Crippen molar-refractivity contribution < 1.29 is 19.3 Å². The van der Waals surface area contributed by atoms with Gasteiger partial charge < -0.3 is 24.6 Å². The fourth-order valence-electron chi connectivity index (χ4n) is 3.23. The van der Waals surface area contributed by atoms with Crippen LogP contribution in [0.5, 0.6) is 23.0 Å². The van der Waals surface area contributed by atoms with Crippen molar-refractivity contribution in [1.29, 1.82) is 0 Å². The van der Waals surface area contributed by atoms with Crippen LogP contribution in [0.15, 0.2) is 48.8 Å². The van der Waals surface area contributed by atoms with Crippen molar-refractivity contribution in [3.63, 3.8) is 0 Å². The summed E-state index contributed by atoms with van der Waals surface area (Å²) in [6, 6.07) is 11.0. The van der Waals surface area contributed by atoms with Crippen LogP contribution in [0.3, 0.4) is 0 Å². The maximum absolute atomic E-state index is 9.83. The van der Waals surface area contributed by atoms with Gasteiger partial charge in [0.25, 0.3) is 0 Å². The van der Waals surface area contributed by atoms with Crippen LogP contribution in [-0.4, -0.2) is 36.4 Å². The van der Waals surface area contributed by atoms with E-state index in [2.05, 4.69) is 17.2 Å². The molecule has 0 amide bonds. The van der Waals surface area contributed by atoms with Gasteiger partial charge in [-0.25, -0.2) is 4.98 Å². The van der Waals surface area contributed by atoms with Gasteiger partial charge in [-0.3, -0.25) is 4.98 Å². The minimum absolute atomic E-state index is 0.0119. The molecule has 0 radical (unpaired) electrons. The number of rotatable bonds is 9. The Morgan fingerprint density at radius 1 is 0.967 bits per heavy atom. The minimum atomic E-state index is 0.0119. The Hall–Kier alpha value is -3.48. The molecular formula is C23H27N3O4. The van der Waals surface area contributed by atoms with Crippen LogP contribution in [0.1, 0.15) is 31.4 Å². The van der Waals surface area contributed by atoms with E-state index in [1.165, 1.54) is 7.11 Å². The fraction of sp³-hybridized carbons (Fsp3) is 0.304. The molecule has 0 aliphatic heterocycles. The number of nitrogens with zero attached hydrogens (tertiary/aromatic N) is 2. The van der Waals surface area contributed by atoms with Crippen molar-refractivity contribution in [2.24, 2.45) is 0 Å². The van der Waals surface area contributed by atoms with Gasteiger partial charge in [0.15, 0.2) is 11.5 Å². The lowest BCUT2D eigenvalue weighted by Gasteiger charge is -2.21. The van der Waals surface area contributed by atoms with Gasteiger partial charge in [-0.2, -0.15) is 0 Å². The van der Waals surface area contributed by atoms with Gasteiger partial charge in [0, 0.05) is 11.6 Å². The zero-order valence-electron chi connectivity index (χ0n) is 17.7. The third-order valence-corrected chi connectivity index (χ3v) is 4.79. The third-order valence-electron chi connectivity index (χ3n) is 4.79. The Bertz CT molecular complexity index is 972. The van der Waals surface area contributed by atoms with Crippen molar-refractivity contribution in [3.05, 3.63) is 54.4 Å². The van der Waals surface area contributed by atoms with Crippen molar-refractivity contribution in [1.82, 2.24) is 9.97 Å². The first-order chi connectivity index (χ1) is 14.6. The summed E-state index contributed by atoms with van der Waals surface area (Å²) in [6.07, 6.45) is 5.26.